The first-order valence-corrected chi connectivity index (χ1v) is 9.59. The van der Waals surface area contributed by atoms with Crippen molar-refractivity contribution < 1.29 is 13.2 Å². The zero-order chi connectivity index (χ0) is 18.3. The molecule has 6 nitrogen and oxygen atoms in total. The highest BCUT2D eigenvalue weighted by atomic mass is 32.2. The van der Waals surface area contributed by atoms with E-state index < -0.39 is 16.1 Å². The highest BCUT2D eigenvalue weighted by Crippen LogP contribution is 2.17. The monoisotopic (exact) mass is 361 g/mol. The van der Waals surface area contributed by atoms with E-state index in [0.717, 1.165) is 5.56 Å². The van der Waals surface area contributed by atoms with E-state index in [-0.39, 0.29) is 18.2 Å². The van der Waals surface area contributed by atoms with Crippen LogP contribution in [0.3, 0.4) is 0 Å². The molecule has 1 atom stereocenters. The normalized spacial score (nSPS) is 12.6. The summed E-state index contributed by atoms with van der Waals surface area (Å²) in [4.78, 5) is 14.3. The van der Waals surface area contributed by atoms with Gasteiger partial charge < -0.3 is 5.32 Å². The Labute approximate surface area is 148 Å². The van der Waals surface area contributed by atoms with Crippen molar-refractivity contribution >= 4 is 21.6 Å². The molecule has 0 saturated carbocycles. The van der Waals surface area contributed by atoms with Crippen LogP contribution < -0.4 is 10.0 Å². The summed E-state index contributed by atoms with van der Waals surface area (Å²) >= 11 is 0. The summed E-state index contributed by atoms with van der Waals surface area (Å²) < 4.78 is 26.7. The molecule has 0 saturated heterocycles. The molecule has 0 spiro atoms. The van der Waals surface area contributed by atoms with E-state index in [1.807, 2.05) is 50.5 Å². The van der Waals surface area contributed by atoms with Crippen LogP contribution in [-0.2, 0) is 14.8 Å². The summed E-state index contributed by atoms with van der Waals surface area (Å²) in [6, 6.07) is 17.6. The Balaban J connectivity index is 1.92. The number of carbonyl (C=O) groups excluding carboxylic acids is 1. The van der Waals surface area contributed by atoms with Crippen molar-refractivity contribution in [3.05, 3.63) is 66.2 Å². The highest BCUT2D eigenvalue weighted by Gasteiger charge is 2.22. The Hall–Kier alpha value is -2.38. The lowest BCUT2D eigenvalue weighted by Crippen LogP contribution is -2.39. The van der Waals surface area contributed by atoms with Crippen LogP contribution in [0.2, 0.25) is 0 Å². The van der Waals surface area contributed by atoms with E-state index >= 15 is 0 Å². The molecule has 7 heteroatoms. The van der Waals surface area contributed by atoms with Crippen LogP contribution in [0.4, 0.5) is 5.69 Å². The van der Waals surface area contributed by atoms with Crippen molar-refractivity contribution in [3.63, 3.8) is 0 Å². The zero-order valence-electron chi connectivity index (χ0n) is 14.3. The van der Waals surface area contributed by atoms with Crippen LogP contribution in [0.25, 0.3) is 0 Å². The standard InChI is InChI=1S/C18H23N3O3S/c1-21(2)17(15-9-5-3-6-10-15)18(22)19-13-14-25(23,24)20-16-11-7-4-8-12-16/h3-12,17,20H,13-14H2,1-2H3,(H,19,22). The minimum atomic E-state index is -3.52. The molecule has 1 unspecified atom stereocenters. The van der Waals surface area contributed by atoms with Crippen molar-refractivity contribution in [1.82, 2.24) is 10.2 Å². The molecule has 25 heavy (non-hydrogen) atoms. The number of hydrogen-bond donors (Lipinski definition) is 2. The van der Waals surface area contributed by atoms with E-state index in [1.54, 1.807) is 29.2 Å². The van der Waals surface area contributed by atoms with E-state index in [9.17, 15) is 13.2 Å². The van der Waals surface area contributed by atoms with Gasteiger partial charge in [-0.25, -0.2) is 8.42 Å². The third-order valence-corrected chi connectivity index (χ3v) is 4.89. The molecule has 2 aromatic rings. The van der Waals surface area contributed by atoms with Crippen molar-refractivity contribution in [3.8, 4) is 0 Å². The number of nitrogens with one attached hydrogen (secondary N) is 2. The second-order valence-corrected chi connectivity index (χ2v) is 7.70. The molecule has 0 bridgehead atoms. The summed E-state index contributed by atoms with van der Waals surface area (Å²) in [6.45, 7) is 0.0399. The number of benzene rings is 2. The van der Waals surface area contributed by atoms with E-state index in [0.29, 0.717) is 5.69 Å². The van der Waals surface area contributed by atoms with Crippen molar-refractivity contribution in [2.45, 2.75) is 6.04 Å². The highest BCUT2D eigenvalue weighted by molar-refractivity contribution is 7.92. The topological polar surface area (TPSA) is 78.5 Å². The van der Waals surface area contributed by atoms with Gasteiger partial charge in [0.25, 0.3) is 0 Å². The average molecular weight is 361 g/mol. The van der Waals surface area contributed by atoms with Gasteiger partial charge in [-0.15, -0.1) is 0 Å². The Bertz CT molecular complexity index is 778. The fourth-order valence-electron chi connectivity index (χ4n) is 2.46. The Morgan fingerprint density at radius 1 is 1.00 bits per heavy atom. The van der Waals surface area contributed by atoms with Crippen LogP contribution in [0.1, 0.15) is 11.6 Å². The number of nitrogens with zero attached hydrogens (tertiary/aromatic N) is 1. The number of anilines is 1. The molecule has 0 aliphatic rings. The molecule has 134 valence electrons. The first-order valence-electron chi connectivity index (χ1n) is 7.94. The van der Waals surface area contributed by atoms with Gasteiger partial charge >= 0.3 is 0 Å². The summed E-state index contributed by atoms with van der Waals surface area (Å²) in [5.74, 6) is -0.422. The van der Waals surface area contributed by atoms with Gasteiger partial charge in [-0.1, -0.05) is 48.5 Å². The fraction of sp³-hybridized carbons (Fsp3) is 0.278. The maximum Gasteiger partial charge on any atom is 0.241 e. The summed E-state index contributed by atoms with van der Waals surface area (Å²) in [5, 5.41) is 2.70. The SMILES string of the molecule is CN(C)C(C(=O)NCCS(=O)(=O)Nc1ccccc1)c1ccccc1. The summed E-state index contributed by atoms with van der Waals surface area (Å²) in [6.07, 6.45) is 0. The average Bonchev–Trinajstić information content (AvgIpc) is 2.56. The maximum absolute atomic E-state index is 12.5. The summed E-state index contributed by atoms with van der Waals surface area (Å²) in [5.41, 5.74) is 1.36. The van der Waals surface area contributed by atoms with Crippen molar-refractivity contribution in [2.75, 3.05) is 31.1 Å². The first kappa shape index (κ1) is 19.0. The maximum atomic E-state index is 12.5. The number of sulfonamides is 1. The minimum absolute atomic E-state index is 0.0399. The number of carbonyl (C=O) groups is 1. The van der Waals surface area contributed by atoms with Crippen LogP contribution in [0.5, 0.6) is 0 Å². The number of para-hydroxylation sites is 1. The molecule has 1 amide bonds. The Kier molecular flexibility index (Phi) is 6.55. The molecule has 0 aliphatic carbocycles. The predicted octanol–water partition coefficient (Wildman–Crippen LogP) is 1.85. The summed E-state index contributed by atoms with van der Waals surface area (Å²) in [7, 11) is 0.102. The second-order valence-electron chi connectivity index (χ2n) is 5.85. The third kappa shape index (κ3) is 5.88. The number of rotatable bonds is 8. The van der Waals surface area contributed by atoms with Gasteiger partial charge in [-0.2, -0.15) is 0 Å². The van der Waals surface area contributed by atoms with Crippen molar-refractivity contribution in [1.29, 1.82) is 0 Å². The number of amides is 1. The van der Waals surface area contributed by atoms with Gasteiger partial charge in [0.05, 0.1) is 5.75 Å². The van der Waals surface area contributed by atoms with Crippen LogP contribution in [0, 0.1) is 0 Å². The Morgan fingerprint density at radius 3 is 2.12 bits per heavy atom. The molecule has 2 N–H and O–H groups in total. The molecule has 0 aromatic heterocycles. The molecule has 2 rings (SSSR count). The lowest BCUT2D eigenvalue weighted by atomic mass is 10.1. The van der Waals surface area contributed by atoms with Gasteiger partial charge in [0.1, 0.15) is 6.04 Å². The molecule has 0 radical (unpaired) electrons. The molecule has 0 aliphatic heterocycles. The third-order valence-electron chi connectivity index (χ3n) is 3.60. The molecular weight excluding hydrogens is 338 g/mol. The van der Waals surface area contributed by atoms with Crippen LogP contribution in [0.15, 0.2) is 60.7 Å². The number of likely N-dealkylation sites (N-methyl/N-ethyl adjacent to an activating group) is 1. The van der Waals surface area contributed by atoms with Gasteiger partial charge in [0.15, 0.2) is 0 Å². The van der Waals surface area contributed by atoms with Gasteiger partial charge in [-0.3, -0.25) is 14.4 Å². The van der Waals surface area contributed by atoms with Gasteiger partial charge in [0.2, 0.25) is 15.9 Å². The lowest BCUT2D eigenvalue weighted by Gasteiger charge is -2.23. The van der Waals surface area contributed by atoms with Crippen LogP contribution in [-0.4, -0.2) is 45.6 Å². The molecule has 0 fully saturated rings. The van der Waals surface area contributed by atoms with E-state index in [1.165, 1.54) is 0 Å². The quantitative estimate of drug-likeness (QED) is 0.752. The van der Waals surface area contributed by atoms with Gasteiger partial charge in [-0.05, 0) is 31.8 Å². The smallest absolute Gasteiger partial charge is 0.241 e. The minimum Gasteiger partial charge on any atom is -0.353 e. The van der Waals surface area contributed by atoms with E-state index in [2.05, 4.69) is 10.0 Å². The Morgan fingerprint density at radius 2 is 1.56 bits per heavy atom. The van der Waals surface area contributed by atoms with Gasteiger partial charge in [0, 0.05) is 12.2 Å². The molecule has 0 heterocycles. The fourth-order valence-corrected chi connectivity index (χ4v) is 3.43. The van der Waals surface area contributed by atoms with Crippen LogP contribution >= 0.6 is 0 Å². The van der Waals surface area contributed by atoms with Crippen molar-refractivity contribution in [2.24, 2.45) is 0 Å². The zero-order valence-corrected chi connectivity index (χ0v) is 15.2. The van der Waals surface area contributed by atoms with E-state index in [4.69, 9.17) is 0 Å². The number of hydrogen-bond acceptors (Lipinski definition) is 4. The first-order chi connectivity index (χ1) is 11.9. The largest absolute Gasteiger partial charge is 0.353 e. The molecular formula is C18H23N3O3S. The lowest BCUT2D eigenvalue weighted by molar-refractivity contribution is -0.125. The molecule has 2 aromatic carbocycles. The second kappa shape index (κ2) is 8.64. The predicted molar refractivity (Wildman–Crippen MR) is 99.7 cm³/mol.